The number of hydrogen-bond donors (Lipinski definition) is 2. The molecule has 0 aliphatic carbocycles. The van der Waals surface area contributed by atoms with Crippen LogP contribution < -0.4 is 11.1 Å². The maximum Gasteiger partial charge on any atom is 0.265 e. The van der Waals surface area contributed by atoms with E-state index < -0.39 is 0 Å². The van der Waals surface area contributed by atoms with Crippen molar-refractivity contribution in [2.24, 2.45) is 5.73 Å². The third-order valence-electron chi connectivity index (χ3n) is 2.25. The zero-order valence-electron chi connectivity index (χ0n) is 9.14. The average Bonchev–Trinajstić information content (AvgIpc) is 2.85. The summed E-state index contributed by atoms with van der Waals surface area (Å²) in [6.07, 6.45) is 0. The van der Waals surface area contributed by atoms with Crippen molar-refractivity contribution in [3.8, 4) is 0 Å². The Bertz CT molecular complexity index is 596. The van der Waals surface area contributed by atoms with E-state index in [-0.39, 0.29) is 5.91 Å². The Hall–Kier alpha value is -1.24. The van der Waals surface area contributed by atoms with E-state index in [2.05, 4.69) is 21.2 Å². The van der Waals surface area contributed by atoms with Crippen LogP contribution >= 0.6 is 39.5 Å². The minimum atomic E-state index is -0.131. The van der Waals surface area contributed by atoms with E-state index >= 15 is 0 Å². The second-order valence-corrected chi connectivity index (χ2v) is 5.73. The maximum atomic E-state index is 11.9. The van der Waals surface area contributed by atoms with Crippen LogP contribution in [0.15, 0.2) is 40.2 Å². The molecule has 0 saturated carbocycles. The number of carbonyl (C=O) groups excluding carboxylic acids is 1. The van der Waals surface area contributed by atoms with Crippen molar-refractivity contribution in [1.29, 1.82) is 0 Å². The van der Waals surface area contributed by atoms with E-state index in [1.807, 2.05) is 11.4 Å². The molecule has 18 heavy (non-hydrogen) atoms. The van der Waals surface area contributed by atoms with Crippen molar-refractivity contribution < 1.29 is 4.79 Å². The molecule has 1 amide bonds. The normalized spacial score (nSPS) is 10.1. The molecule has 0 bridgehead atoms. The Kier molecular flexibility index (Phi) is 4.11. The summed E-state index contributed by atoms with van der Waals surface area (Å²) in [5.74, 6) is -0.131. The standard InChI is InChI=1S/C12H9BrN2OS2/c13-8-6-7(11(14)17)3-4-9(8)15-12(16)10-2-1-5-18-10/h1-6H,(H2,14,17)(H,15,16). The first kappa shape index (κ1) is 13.2. The number of anilines is 1. The van der Waals surface area contributed by atoms with Gasteiger partial charge in [-0.1, -0.05) is 18.3 Å². The van der Waals surface area contributed by atoms with Gasteiger partial charge in [0.05, 0.1) is 10.6 Å². The van der Waals surface area contributed by atoms with Gasteiger partial charge in [0.25, 0.3) is 5.91 Å². The number of benzene rings is 1. The number of hydrogen-bond acceptors (Lipinski definition) is 3. The number of thiophene rings is 1. The third-order valence-corrected chi connectivity index (χ3v) is 4.01. The Morgan fingerprint density at radius 2 is 2.17 bits per heavy atom. The fourth-order valence-corrected chi connectivity index (χ4v) is 2.59. The van der Waals surface area contributed by atoms with Gasteiger partial charge in [0.1, 0.15) is 4.99 Å². The number of nitrogens with one attached hydrogen (secondary N) is 1. The third kappa shape index (κ3) is 2.95. The minimum Gasteiger partial charge on any atom is -0.389 e. The van der Waals surface area contributed by atoms with Crippen molar-refractivity contribution in [1.82, 2.24) is 0 Å². The van der Waals surface area contributed by atoms with Gasteiger partial charge in [-0.3, -0.25) is 4.79 Å². The molecule has 0 fully saturated rings. The molecule has 6 heteroatoms. The molecular weight excluding hydrogens is 332 g/mol. The molecule has 1 aromatic heterocycles. The summed E-state index contributed by atoms with van der Waals surface area (Å²) in [6.45, 7) is 0. The number of nitrogens with two attached hydrogens (primary N) is 1. The molecule has 1 heterocycles. The molecule has 2 rings (SSSR count). The van der Waals surface area contributed by atoms with Crippen LogP contribution in [0.5, 0.6) is 0 Å². The summed E-state index contributed by atoms with van der Waals surface area (Å²) in [5.41, 5.74) is 6.98. The van der Waals surface area contributed by atoms with E-state index in [0.717, 1.165) is 10.0 Å². The van der Waals surface area contributed by atoms with Gasteiger partial charge in [0.15, 0.2) is 0 Å². The number of rotatable bonds is 3. The Morgan fingerprint density at radius 3 is 2.72 bits per heavy atom. The van der Waals surface area contributed by atoms with E-state index in [9.17, 15) is 4.79 Å². The average molecular weight is 341 g/mol. The highest BCUT2D eigenvalue weighted by molar-refractivity contribution is 9.10. The quantitative estimate of drug-likeness (QED) is 0.842. The Morgan fingerprint density at radius 1 is 1.39 bits per heavy atom. The Balaban J connectivity index is 2.20. The molecule has 0 saturated heterocycles. The van der Waals surface area contributed by atoms with Crippen LogP contribution in [0, 0.1) is 0 Å². The van der Waals surface area contributed by atoms with Gasteiger partial charge in [-0.15, -0.1) is 11.3 Å². The van der Waals surface area contributed by atoms with Gasteiger partial charge in [-0.05, 0) is 45.6 Å². The molecule has 1 aromatic carbocycles. The van der Waals surface area contributed by atoms with Crippen LogP contribution in [0.25, 0.3) is 0 Å². The monoisotopic (exact) mass is 340 g/mol. The molecule has 2 aromatic rings. The van der Waals surface area contributed by atoms with E-state index in [1.165, 1.54) is 11.3 Å². The van der Waals surface area contributed by atoms with Gasteiger partial charge in [-0.2, -0.15) is 0 Å². The Labute approximate surface area is 122 Å². The first-order chi connectivity index (χ1) is 8.58. The zero-order valence-corrected chi connectivity index (χ0v) is 12.4. The van der Waals surface area contributed by atoms with Crippen LogP contribution in [-0.2, 0) is 0 Å². The molecule has 0 aliphatic rings. The lowest BCUT2D eigenvalue weighted by molar-refractivity contribution is 0.103. The lowest BCUT2D eigenvalue weighted by Gasteiger charge is -2.07. The highest BCUT2D eigenvalue weighted by atomic mass is 79.9. The van der Waals surface area contributed by atoms with Crippen LogP contribution in [0.3, 0.4) is 0 Å². The zero-order chi connectivity index (χ0) is 13.1. The number of carbonyl (C=O) groups is 1. The maximum absolute atomic E-state index is 11.9. The second kappa shape index (κ2) is 5.60. The van der Waals surface area contributed by atoms with Gasteiger partial charge in [-0.25, -0.2) is 0 Å². The molecule has 0 aliphatic heterocycles. The van der Waals surface area contributed by atoms with E-state index in [4.69, 9.17) is 18.0 Å². The number of thiocarbonyl (C=S) groups is 1. The van der Waals surface area contributed by atoms with Crippen molar-refractivity contribution in [2.45, 2.75) is 0 Å². The molecular formula is C12H9BrN2OS2. The first-order valence-corrected chi connectivity index (χ1v) is 7.10. The number of halogens is 1. The smallest absolute Gasteiger partial charge is 0.265 e. The van der Waals surface area contributed by atoms with Gasteiger partial charge in [0, 0.05) is 10.0 Å². The van der Waals surface area contributed by atoms with Crippen molar-refractivity contribution >= 4 is 56.1 Å². The summed E-state index contributed by atoms with van der Waals surface area (Å²) >= 11 is 9.67. The summed E-state index contributed by atoms with van der Waals surface area (Å²) in [6, 6.07) is 8.94. The predicted octanol–water partition coefficient (Wildman–Crippen LogP) is 3.40. The van der Waals surface area contributed by atoms with Crippen molar-refractivity contribution in [3.63, 3.8) is 0 Å². The summed E-state index contributed by atoms with van der Waals surface area (Å²) in [5, 5.41) is 4.68. The predicted molar refractivity (Wildman–Crippen MR) is 82.3 cm³/mol. The molecule has 92 valence electrons. The second-order valence-electron chi connectivity index (χ2n) is 3.49. The molecule has 3 nitrogen and oxygen atoms in total. The van der Waals surface area contributed by atoms with Gasteiger partial charge in [0.2, 0.25) is 0 Å². The summed E-state index contributed by atoms with van der Waals surface area (Å²) < 4.78 is 0.748. The molecule has 0 unspecified atom stereocenters. The van der Waals surface area contributed by atoms with Crippen LogP contribution in [-0.4, -0.2) is 10.9 Å². The van der Waals surface area contributed by atoms with Gasteiger partial charge >= 0.3 is 0 Å². The largest absolute Gasteiger partial charge is 0.389 e. The number of amides is 1. The summed E-state index contributed by atoms with van der Waals surface area (Å²) in [4.78, 5) is 12.9. The minimum absolute atomic E-state index is 0.131. The molecule has 3 N–H and O–H groups in total. The fourth-order valence-electron chi connectivity index (χ4n) is 1.36. The first-order valence-electron chi connectivity index (χ1n) is 5.02. The highest BCUT2D eigenvalue weighted by Gasteiger charge is 2.09. The van der Waals surface area contributed by atoms with Crippen LogP contribution in [0.2, 0.25) is 0 Å². The fraction of sp³-hybridized carbons (Fsp3) is 0. The van der Waals surface area contributed by atoms with E-state index in [0.29, 0.717) is 15.6 Å². The molecule has 0 radical (unpaired) electrons. The topological polar surface area (TPSA) is 55.1 Å². The van der Waals surface area contributed by atoms with Crippen molar-refractivity contribution in [2.75, 3.05) is 5.32 Å². The van der Waals surface area contributed by atoms with Gasteiger partial charge < -0.3 is 11.1 Å². The lowest BCUT2D eigenvalue weighted by atomic mass is 10.2. The molecule has 0 atom stereocenters. The molecule has 0 spiro atoms. The SMILES string of the molecule is NC(=S)c1ccc(NC(=O)c2cccs2)c(Br)c1. The summed E-state index contributed by atoms with van der Waals surface area (Å²) in [7, 11) is 0. The van der Waals surface area contributed by atoms with Crippen molar-refractivity contribution in [3.05, 3.63) is 50.6 Å². The van der Waals surface area contributed by atoms with Crippen LogP contribution in [0.4, 0.5) is 5.69 Å². The van der Waals surface area contributed by atoms with E-state index in [1.54, 1.807) is 24.3 Å². The highest BCUT2D eigenvalue weighted by Crippen LogP contribution is 2.24. The van der Waals surface area contributed by atoms with Crippen LogP contribution in [0.1, 0.15) is 15.2 Å². The lowest BCUT2D eigenvalue weighted by Crippen LogP contribution is -2.12.